The Hall–Kier alpha value is -0.0400. The lowest BCUT2D eigenvalue weighted by Crippen LogP contribution is -2.37. The number of hydrogen-bond donors (Lipinski definition) is 1. The molecule has 1 aliphatic heterocycles. The van der Waals surface area contributed by atoms with Crippen molar-refractivity contribution in [3.05, 3.63) is 0 Å². The fourth-order valence-corrected chi connectivity index (χ4v) is 3.17. The second-order valence-electron chi connectivity index (χ2n) is 5.62. The molecule has 0 radical (unpaired) electrons. The van der Waals surface area contributed by atoms with E-state index in [0.29, 0.717) is 5.41 Å². The molecule has 0 spiro atoms. The van der Waals surface area contributed by atoms with Crippen molar-refractivity contribution in [2.75, 3.05) is 13.1 Å². The largest absolute Gasteiger partial charge is 0.317 e. The third kappa shape index (κ3) is 2.31. The standard InChI is InChI=1S/C13H25N/c1-3-13(6-8-14-9-7-13)10-11(2)12-4-5-12/h11-12,14H,3-10H2,1-2H3/t11-/m0/s1. The van der Waals surface area contributed by atoms with Crippen LogP contribution >= 0.6 is 0 Å². The number of piperidine rings is 1. The zero-order valence-electron chi connectivity index (χ0n) is 9.81. The van der Waals surface area contributed by atoms with Gasteiger partial charge in [0.25, 0.3) is 0 Å². The van der Waals surface area contributed by atoms with E-state index >= 15 is 0 Å². The molecule has 1 saturated heterocycles. The molecule has 2 rings (SSSR count). The number of hydrogen-bond acceptors (Lipinski definition) is 1. The summed E-state index contributed by atoms with van der Waals surface area (Å²) in [6, 6.07) is 0. The van der Waals surface area contributed by atoms with Crippen LogP contribution in [0.1, 0.15) is 52.4 Å². The van der Waals surface area contributed by atoms with Gasteiger partial charge in [0.2, 0.25) is 0 Å². The fourth-order valence-electron chi connectivity index (χ4n) is 3.17. The molecular formula is C13H25N. The van der Waals surface area contributed by atoms with Crippen LogP contribution in [0.2, 0.25) is 0 Å². The Morgan fingerprint density at radius 2 is 1.93 bits per heavy atom. The molecule has 0 amide bonds. The maximum Gasteiger partial charge on any atom is -0.00436 e. The summed E-state index contributed by atoms with van der Waals surface area (Å²) in [5.74, 6) is 2.08. The first-order chi connectivity index (χ1) is 6.76. The molecule has 82 valence electrons. The van der Waals surface area contributed by atoms with Crippen molar-refractivity contribution in [3.8, 4) is 0 Å². The molecule has 0 aromatic carbocycles. The molecule has 1 saturated carbocycles. The van der Waals surface area contributed by atoms with E-state index in [1.807, 2.05) is 0 Å². The van der Waals surface area contributed by atoms with Crippen molar-refractivity contribution in [2.24, 2.45) is 17.3 Å². The maximum atomic E-state index is 3.49. The van der Waals surface area contributed by atoms with Crippen LogP contribution in [0.5, 0.6) is 0 Å². The normalized spacial score (nSPS) is 28.7. The lowest BCUT2D eigenvalue weighted by Gasteiger charge is -2.39. The van der Waals surface area contributed by atoms with Crippen molar-refractivity contribution in [1.29, 1.82) is 0 Å². The molecule has 14 heavy (non-hydrogen) atoms. The second kappa shape index (κ2) is 4.22. The highest BCUT2D eigenvalue weighted by molar-refractivity contribution is 4.89. The fraction of sp³-hybridized carbons (Fsp3) is 1.00. The summed E-state index contributed by atoms with van der Waals surface area (Å²) >= 11 is 0. The average Bonchev–Trinajstić information content (AvgIpc) is 3.02. The van der Waals surface area contributed by atoms with Gasteiger partial charge in [-0.25, -0.2) is 0 Å². The monoisotopic (exact) mass is 195 g/mol. The van der Waals surface area contributed by atoms with E-state index in [-0.39, 0.29) is 0 Å². The molecule has 1 heteroatoms. The van der Waals surface area contributed by atoms with Crippen LogP contribution in [0.4, 0.5) is 0 Å². The summed E-state index contributed by atoms with van der Waals surface area (Å²) in [5, 5.41) is 3.49. The lowest BCUT2D eigenvalue weighted by atomic mass is 9.70. The van der Waals surface area contributed by atoms with E-state index in [4.69, 9.17) is 0 Å². The van der Waals surface area contributed by atoms with Crippen LogP contribution in [0, 0.1) is 17.3 Å². The molecule has 0 aromatic rings. The number of nitrogens with one attached hydrogen (secondary N) is 1. The Morgan fingerprint density at radius 3 is 2.43 bits per heavy atom. The minimum atomic E-state index is 0.702. The van der Waals surface area contributed by atoms with Gasteiger partial charge in [-0.05, 0) is 62.4 Å². The summed E-state index contributed by atoms with van der Waals surface area (Å²) in [5.41, 5.74) is 0.702. The van der Waals surface area contributed by atoms with E-state index in [9.17, 15) is 0 Å². The van der Waals surface area contributed by atoms with E-state index in [1.54, 1.807) is 0 Å². The third-order valence-electron chi connectivity index (χ3n) is 4.60. The predicted octanol–water partition coefficient (Wildman–Crippen LogP) is 3.20. The Morgan fingerprint density at radius 1 is 1.29 bits per heavy atom. The Bertz CT molecular complexity index is 178. The van der Waals surface area contributed by atoms with Gasteiger partial charge in [0.1, 0.15) is 0 Å². The zero-order valence-corrected chi connectivity index (χ0v) is 9.81. The first-order valence-electron chi connectivity index (χ1n) is 6.46. The van der Waals surface area contributed by atoms with E-state index in [2.05, 4.69) is 19.2 Å². The van der Waals surface area contributed by atoms with E-state index in [0.717, 1.165) is 11.8 Å². The molecule has 1 aliphatic carbocycles. The molecule has 1 atom stereocenters. The number of rotatable bonds is 4. The summed E-state index contributed by atoms with van der Waals surface area (Å²) < 4.78 is 0. The van der Waals surface area contributed by atoms with Crippen LogP contribution in [0.25, 0.3) is 0 Å². The van der Waals surface area contributed by atoms with Crippen LogP contribution < -0.4 is 5.32 Å². The Kier molecular flexibility index (Phi) is 3.16. The molecule has 0 bridgehead atoms. The second-order valence-corrected chi connectivity index (χ2v) is 5.62. The highest BCUT2D eigenvalue weighted by atomic mass is 14.9. The topological polar surface area (TPSA) is 12.0 Å². The SMILES string of the molecule is CCC1(C[C@H](C)C2CC2)CCNCC1. The first kappa shape index (κ1) is 10.5. The summed E-state index contributed by atoms with van der Waals surface area (Å²) in [6.45, 7) is 7.39. The summed E-state index contributed by atoms with van der Waals surface area (Å²) in [7, 11) is 0. The minimum absolute atomic E-state index is 0.702. The molecule has 2 fully saturated rings. The quantitative estimate of drug-likeness (QED) is 0.726. The van der Waals surface area contributed by atoms with Gasteiger partial charge in [-0.2, -0.15) is 0 Å². The Labute approximate surface area is 88.7 Å². The maximum absolute atomic E-state index is 3.49. The average molecular weight is 195 g/mol. The molecule has 1 nitrogen and oxygen atoms in total. The van der Waals surface area contributed by atoms with Gasteiger partial charge < -0.3 is 5.32 Å². The summed E-state index contributed by atoms with van der Waals surface area (Å²) in [6.07, 6.45) is 8.75. The van der Waals surface area contributed by atoms with Gasteiger partial charge >= 0.3 is 0 Å². The van der Waals surface area contributed by atoms with Gasteiger partial charge in [0.15, 0.2) is 0 Å². The third-order valence-corrected chi connectivity index (χ3v) is 4.60. The molecule has 1 heterocycles. The van der Waals surface area contributed by atoms with Crippen LogP contribution in [-0.4, -0.2) is 13.1 Å². The zero-order chi connectivity index (χ0) is 10.0. The van der Waals surface area contributed by atoms with Crippen LogP contribution in [0.3, 0.4) is 0 Å². The van der Waals surface area contributed by atoms with Gasteiger partial charge in [0.05, 0.1) is 0 Å². The van der Waals surface area contributed by atoms with Gasteiger partial charge in [-0.15, -0.1) is 0 Å². The first-order valence-corrected chi connectivity index (χ1v) is 6.46. The van der Waals surface area contributed by atoms with Crippen molar-refractivity contribution in [2.45, 2.75) is 52.4 Å². The molecule has 1 N–H and O–H groups in total. The van der Waals surface area contributed by atoms with Gasteiger partial charge in [0, 0.05) is 0 Å². The minimum Gasteiger partial charge on any atom is -0.317 e. The smallest absolute Gasteiger partial charge is 0.00436 e. The van der Waals surface area contributed by atoms with Crippen molar-refractivity contribution >= 4 is 0 Å². The van der Waals surface area contributed by atoms with Crippen molar-refractivity contribution < 1.29 is 0 Å². The van der Waals surface area contributed by atoms with Gasteiger partial charge in [-0.3, -0.25) is 0 Å². The van der Waals surface area contributed by atoms with Gasteiger partial charge in [-0.1, -0.05) is 20.3 Å². The molecular weight excluding hydrogens is 170 g/mol. The Balaban J connectivity index is 1.89. The molecule has 0 unspecified atom stereocenters. The lowest BCUT2D eigenvalue weighted by molar-refractivity contribution is 0.142. The van der Waals surface area contributed by atoms with Crippen molar-refractivity contribution in [1.82, 2.24) is 5.32 Å². The van der Waals surface area contributed by atoms with Crippen molar-refractivity contribution in [3.63, 3.8) is 0 Å². The molecule has 0 aromatic heterocycles. The highest BCUT2D eigenvalue weighted by Crippen LogP contribution is 2.46. The summed E-state index contributed by atoms with van der Waals surface area (Å²) in [4.78, 5) is 0. The van der Waals surface area contributed by atoms with Crippen LogP contribution in [-0.2, 0) is 0 Å². The molecule has 2 aliphatic rings. The highest BCUT2D eigenvalue weighted by Gasteiger charge is 2.36. The van der Waals surface area contributed by atoms with Crippen LogP contribution in [0.15, 0.2) is 0 Å². The predicted molar refractivity (Wildman–Crippen MR) is 61.3 cm³/mol. The van der Waals surface area contributed by atoms with E-state index < -0.39 is 0 Å². The van der Waals surface area contributed by atoms with E-state index in [1.165, 1.54) is 51.6 Å².